The standard InChI is InChI=1S/C23H21BrClNO4S2/c24-17-7-10-19(30-14-15-5-8-18(25)9-6-15)16(12-17)13-20-22(29)26(23(31)32-20)11-3-1-2-4-21(27)28/h5-10,12-13H,1-4,11,14H2,(H,27,28)/b20-13+. The van der Waals surface area contributed by atoms with Gasteiger partial charge in [0.05, 0.1) is 4.91 Å². The van der Waals surface area contributed by atoms with E-state index in [1.165, 1.54) is 11.8 Å². The van der Waals surface area contributed by atoms with Crippen LogP contribution in [-0.2, 0) is 16.2 Å². The summed E-state index contributed by atoms with van der Waals surface area (Å²) in [7, 11) is 0. The monoisotopic (exact) mass is 553 g/mol. The maximum absolute atomic E-state index is 12.9. The molecular formula is C23H21BrClNO4S2. The molecule has 5 nitrogen and oxygen atoms in total. The van der Waals surface area contributed by atoms with Gasteiger partial charge in [-0.1, -0.05) is 70.1 Å². The van der Waals surface area contributed by atoms with Gasteiger partial charge in [-0.2, -0.15) is 0 Å². The maximum Gasteiger partial charge on any atom is 0.303 e. The zero-order valence-electron chi connectivity index (χ0n) is 17.1. The number of ether oxygens (including phenoxy) is 1. The lowest BCUT2D eigenvalue weighted by atomic mass is 10.1. The second-order valence-electron chi connectivity index (χ2n) is 7.14. The number of halogens is 2. The average Bonchev–Trinajstić information content (AvgIpc) is 3.01. The Kier molecular flexibility index (Phi) is 9.16. The van der Waals surface area contributed by atoms with Crippen molar-refractivity contribution in [2.75, 3.05) is 6.54 Å². The minimum Gasteiger partial charge on any atom is -0.488 e. The molecule has 0 bridgehead atoms. The first-order valence-corrected chi connectivity index (χ1v) is 12.4. The number of thioether (sulfide) groups is 1. The van der Waals surface area contributed by atoms with Crippen LogP contribution in [0, 0.1) is 0 Å². The van der Waals surface area contributed by atoms with E-state index in [0.717, 1.165) is 22.0 Å². The third kappa shape index (κ3) is 7.07. The van der Waals surface area contributed by atoms with E-state index in [-0.39, 0.29) is 12.3 Å². The van der Waals surface area contributed by atoms with Gasteiger partial charge in [0.15, 0.2) is 0 Å². The lowest BCUT2D eigenvalue weighted by molar-refractivity contribution is -0.137. The number of thiocarbonyl (C=S) groups is 1. The number of carboxylic acid groups (broad SMARTS) is 1. The van der Waals surface area contributed by atoms with Crippen molar-refractivity contribution in [1.82, 2.24) is 4.90 Å². The van der Waals surface area contributed by atoms with Crippen molar-refractivity contribution >= 4 is 73.8 Å². The molecule has 1 N–H and O–H groups in total. The van der Waals surface area contributed by atoms with E-state index in [0.29, 0.717) is 46.0 Å². The fourth-order valence-corrected chi connectivity index (χ4v) is 4.87. The molecule has 1 amide bonds. The third-order valence-corrected chi connectivity index (χ3v) is 6.83. The summed E-state index contributed by atoms with van der Waals surface area (Å²) in [5, 5.41) is 9.39. The molecular weight excluding hydrogens is 534 g/mol. The van der Waals surface area contributed by atoms with Crippen molar-refractivity contribution in [2.24, 2.45) is 0 Å². The summed E-state index contributed by atoms with van der Waals surface area (Å²) >= 11 is 16.1. The van der Waals surface area contributed by atoms with Crippen molar-refractivity contribution in [3.05, 3.63) is 68.0 Å². The van der Waals surface area contributed by atoms with Crippen molar-refractivity contribution in [1.29, 1.82) is 0 Å². The SMILES string of the molecule is O=C(O)CCCCCN1C(=O)/C(=C\c2cc(Br)ccc2OCc2ccc(Cl)cc2)SC1=S. The Balaban J connectivity index is 1.68. The molecule has 0 radical (unpaired) electrons. The second kappa shape index (κ2) is 11.8. The number of carbonyl (C=O) groups excluding carboxylic acids is 1. The van der Waals surface area contributed by atoms with Gasteiger partial charge in [0, 0.05) is 28.0 Å². The molecule has 0 aromatic heterocycles. The number of aliphatic carboxylic acids is 1. The van der Waals surface area contributed by atoms with Crippen LogP contribution in [0.15, 0.2) is 51.8 Å². The highest BCUT2D eigenvalue weighted by atomic mass is 79.9. The van der Waals surface area contributed by atoms with Crippen LogP contribution in [0.25, 0.3) is 6.08 Å². The summed E-state index contributed by atoms with van der Waals surface area (Å²) in [6.07, 6.45) is 3.97. The van der Waals surface area contributed by atoms with E-state index >= 15 is 0 Å². The highest BCUT2D eigenvalue weighted by Gasteiger charge is 2.31. The first-order chi connectivity index (χ1) is 15.3. The zero-order valence-corrected chi connectivity index (χ0v) is 21.0. The zero-order chi connectivity index (χ0) is 23.1. The lowest BCUT2D eigenvalue weighted by Gasteiger charge is -2.14. The highest BCUT2D eigenvalue weighted by Crippen LogP contribution is 2.35. The van der Waals surface area contributed by atoms with Gasteiger partial charge in [0.2, 0.25) is 0 Å². The summed E-state index contributed by atoms with van der Waals surface area (Å²) in [4.78, 5) is 25.6. The van der Waals surface area contributed by atoms with Gasteiger partial charge in [0.25, 0.3) is 5.91 Å². The van der Waals surface area contributed by atoms with Gasteiger partial charge in [-0.15, -0.1) is 0 Å². The molecule has 9 heteroatoms. The van der Waals surface area contributed by atoms with Crippen LogP contribution < -0.4 is 4.74 Å². The quantitative estimate of drug-likeness (QED) is 0.205. The Morgan fingerprint density at radius 3 is 2.66 bits per heavy atom. The molecule has 0 spiro atoms. The Morgan fingerprint density at radius 2 is 1.94 bits per heavy atom. The minimum absolute atomic E-state index is 0.137. The summed E-state index contributed by atoms with van der Waals surface area (Å²) in [6.45, 7) is 0.858. The molecule has 32 heavy (non-hydrogen) atoms. The maximum atomic E-state index is 12.9. The van der Waals surface area contributed by atoms with Crippen LogP contribution in [0.2, 0.25) is 5.02 Å². The van der Waals surface area contributed by atoms with Gasteiger partial charge in [0.1, 0.15) is 16.7 Å². The van der Waals surface area contributed by atoms with Crippen LogP contribution >= 0.6 is 51.5 Å². The fourth-order valence-electron chi connectivity index (χ4n) is 3.06. The van der Waals surface area contributed by atoms with Crippen molar-refractivity contribution in [3.63, 3.8) is 0 Å². The molecule has 0 atom stereocenters. The van der Waals surface area contributed by atoms with E-state index in [4.69, 9.17) is 33.7 Å². The number of amides is 1. The number of carbonyl (C=O) groups is 2. The summed E-state index contributed by atoms with van der Waals surface area (Å²) in [5.74, 6) is -0.286. The average molecular weight is 555 g/mol. The Morgan fingerprint density at radius 1 is 1.19 bits per heavy atom. The van der Waals surface area contributed by atoms with Crippen LogP contribution in [0.1, 0.15) is 36.8 Å². The molecule has 0 saturated carbocycles. The van der Waals surface area contributed by atoms with Crippen molar-refractivity contribution < 1.29 is 19.4 Å². The fraction of sp³-hybridized carbons (Fsp3) is 0.261. The predicted octanol–water partition coefficient (Wildman–Crippen LogP) is 6.53. The molecule has 1 heterocycles. The first-order valence-electron chi connectivity index (χ1n) is 9.97. The molecule has 3 rings (SSSR count). The summed E-state index contributed by atoms with van der Waals surface area (Å²) in [5.41, 5.74) is 1.76. The van der Waals surface area contributed by atoms with Crippen LogP contribution in [0.3, 0.4) is 0 Å². The molecule has 0 aliphatic carbocycles. The Bertz CT molecular complexity index is 1040. The van der Waals surface area contributed by atoms with Crippen LogP contribution in [0.4, 0.5) is 0 Å². The highest BCUT2D eigenvalue weighted by molar-refractivity contribution is 9.10. The summed E-state index contributed by atoms with van der Waals surface area (Å²) < 4.78 is 7.39. The van der Waals surface area contributed by atoms with Gasteiger partial charge in [-0.05, 0) is 54.8 Å². The minimum atomic E-state index is -0.804. The number of unbranched alkanes of at least 4 members (excludes halogenated alkanes) is 2. The Hall–Kier alpha value is -1.87. The van der Waals surface area contributed by atoms with Gasteiger partial charge < -0.3 is 9.84 Å². The first kappa shape index (κ1) is 24.8. The smallest absolute Gasteiger partial charge is 0.303 e. The molecule has 1 aliphatic heterocycles. The van der Waals surface area contributed by atoms with Gasteiger partial charge in [-0.3, -0.25) is 14.5 Å². The molecule has 0 unspecified atom stereocenters. The normalized spacial score (nSPS) is 14.9. The number of hydrogen-bond donors (Lipinski definition) is 1. The molecule has 168 valence electrons. The van der Waals surface area contributed by atoms with E-state index < -0.39 is 5.97 Å². The van der Waals surface area contributed by atoms with E-state index in [2.05, 4.69) is 15.9 Å². The van der Waals surface area contributed by atoms with E-state index in [9.17, 15) is 9.59 Å². The number of benzene rings is 2. The third-order valence-electron chi connectivity index (χ3n) is 4.71. The topological polar surface area (TPSA) is 66.8 Å². The number of nitrogens with zero attached hydrogens (tertiary/aromatic N) is 1. The van der Waals surface area contributed by atoms with E-state index in [1.54, 1.807) is 11.0 Å². The largest absolute Gasteiger partial charge is 0.488 e. The Labute approximate surface area is 209 Å². The van der Waals surface area contributed by atoms with Gasteiger partial charge >= 0.3 is 5.97 Å². The van der Waals surface area contributed by atoms with Crippen molar-refractivity contribution in [3.8, 4) is 5.75 Å². The number of hydrogen-bond acceptors (Lipinski definition) is 5. The molecule has 1 fully saturated rings. The molecule has 2 aromatic rings. The predicted molar refractivity (Wildman–Crippen MR) is 136 cm³/mol. The van der Waals surface area contributed by atoms with Crippen molar-refractivity contribution in [2.45, 2.75) is 32.3 Å². The lowest BCUT2D eigenvalue weighted by Crippen LogP contribution is -2.29. The second-order valence-corrected chi connectivity index (χ2v) is 10.2. The number of carboxylic acids is 1. The van der Waals surface area contributed by atoms with Gasteiger partial charge in [-0.25, -0.2) is 0 Å². The van der Waals surface area contributed by atoms with E-state index in [1.807, 2.05) is 42.5 Å². The molecule has 1 saturated heterocycles. The number of rotatable bonds is 10. The molecule has 2 aromatic carbocycles. The van der Waals surface area contributed by atoms with Crippen LogP contribution in [0.5, 0.6) is 5.75 Å². The molecule has 1 aliphatic rings. The van der Waals surface area contributed by atoms with Crippen LogP contribution in [-0.4, -0.2) is 32.7 Å². The summed E-state index contributed by atoms with van der Waals surface area (Å²) in [6, 6.07) is 13.1.